The summed E-state index contributed by atoms with van der Waals surface area (Å²) in [6.45, 7) is 22.7. The summed E-state index contributed by atoms with van der Waals surface area (Å²) in [5.74, 6) is -1.01. The molecule has 45 heavy (non-hydrogen) atoms. The van der Waals surface area contributed by atoms with Gasteiger partial charge in [-0.3, -0.25) is 14.9 Å². The molecule has 1 N–H and O–H groups in total. The molecule has 0 saturated carbocycles. The van der Waals surface area contributed by atoms with E-state index in [1.165, 1.54) is 7.11 Å². The predicted molar refractivity (Wildman–Crippen MR) is 187 cm³/mol. The van der Waals surface area contributed by atoms with Crippen LogP contribution in [0.2, 0.25) is 39.3 Å². The van der Waals surface area contributed by atoms with E-state index in [1.54, 1.807) is 13.8 Å². The van der Waals surface area contributed by atoms with Crippen LogP contribution in [0.1, 0.15) is 51.3 Å². The van der Waals surface area contributed by atoms with E-state index >= 15 is 0 Å². The summed E-state index contributed by atoms with van der Waals surface area (Å²) in [4.78, 5) is 26.7. The predicted octanol–water partition coefficient (Wildman–Crippen LogP) is 5.49. The summed E-state index contributed by atoms with van der Waals surface area (Å²) >= 11 is 0. The summed E-state index contributed by atoms with van der Waals surface area (Å²) in [5.41, 5.74) is 2.33. The monoisotopic (exact) mass is 670 g/mol. The van der Waals surface area contributed by atoms with Crippen LogP contribution in [0.25, 0.3) is 15.8 Å². The first-order valence-corrected chi connectivity index (χ1v) is 22.2. The van der Waals surface area contributed by atoms with Crippen LogP contribution in [-0.2, 0) is 24.6 Å². The molecule has 0 saturated heterocycles. The van der Waals surface area contributed by atoms with Crippen molar-refractivity contribution in [3.63, 3.8) is 0 Å². The Balaban J connectivity index is 0.000000617. The minimum absolute atomic E-state index is 0. The second-order valence-electron chi connectivity index (χ2n) is 15.0. The molecule has 1 aliphatic rings. The molecule has 4 rings (SSSR count). The maximum Gasteiger partial charge on any atom is 1.00 e. The van der Waals surface area contributed by atoms with Crippen LogP contribution in [0, 0.1) is 5.41 Å². The zero-order chi connectivity index (χ0) is 33.1. The van der Waals surface area contributed by atoms with E-state index in [9.17, 15) is 9.59 Å². The van der Waals surface area contributed by atoms with Gasteiger partial charge < -0.3 is 14.1 Å². The summed E-state index contributed by atoms with van der Waals surface area (Å²) in [7, 11) is -0.875. The standard InChI is InChI=1S/C30H33NO4.C6H18NSi2.K/c1-28(2,3)35-26(32)25(29(4,5)27(33)34-6)31-30(20-14-8-7-9-15-20)23-18-12-10-16-21(23)22-17-11-13-19-24(22)30;1-8(2,3)7-9(4,5)6;/h7-19,25,31H,1-6H3;1-6H3;/q;-1;+1/t25-;;/m1../s1. The second-order valence-corrected chi connectivity index (χ2v) is 24.6. The van der Waals surface area contributed by atoms with Gasteiger partial charge in [-0.05, 0) is 62.4 Å². The van der Waals surface area contributed by atoms with Gasteiger partial charge in [-0.1, -0.05) is 135 Å². The van der Waals surface area contributed by atoms with Crippen LogP contribution in [0.4, 0.5) is 0 Å². The molecule has 9 heteroatoms. The molecule has 0 bridgehead atoms. The Hall–Kier alpha value is -1.41. The molecule has 1 atom stereocenters. The van der Waals surface area contributed by atoms with Gasteiger partial charge in [0.15, 0.2) is 0 Å². The van der Waals surface area contributed by atoms with Crippen LogP contribution < -0.4 is 56.7 Å². The number of benzene rings is 3. The molecule has 0 amide bonds. The average molecular weight is 671 g/mol. The molecule has 1 aliphatic carbocycles. The van der Waals surface area contributed by atoms with Gasteiger partial charge in [0.25, 0.3) is 0 Å². The maximum atomic E-state index is 13.7. The van der Waals surface area contributed by atoms with E-state index in [2.05, 4.69) is 68.9 Å². The molecule has 0 aliphatic heterocycles. The fraction of sp³-hybridized carbons (Fsp3) is 0.444. The fourth-order valence-corrected chi connectivity index (χ4v) is 14.0. The van der Waals surface area contributed by atoms with Crippen molar-refractivity contribution in [2.24, 2.45) is 5.41 Å². The Morgan fingerprint density at radius 3 is 1.53 bits per heavy atom. The quantitative estimate of drug-likeness (QED) is 0.253. The molecule has 0 unspecified atom stereocenters. The van der Waals surface area contributed by atoms with Crippen LogP contribution in [-0.4, -0.2) is 47.2 Å². The van der Waals surface area contributed by atoms with Crippen molar-refractivity contribution >= 4 is 28.4 Å². The zero-order valence-electron chi connectivity index (χ0n) is 29.7. The molecule has 6 nitrogen and oxygen atoms in total. The number of hydrogen-bond donors (Lipinski definition) is 1. The van der Waals surface area contributed by atoms with E-state index in [0.29, 0.717) is 0 Å². The Labute approximate surface area is 316 Å². The molecule has 0 aromatic heterocycles. The van der Waals surface area contributed by atoms with Crippen LogP contribution >= 0.6 is 0 Å². The van der Waals surface area contributed by atoms with Crippen molar-refractivity contribution in [1.82, 2.24) is 5.32 Å². The Morgan fingerprint density at radius 2 is 1.16 bits per heavy atom. The molecular weight excluding hydrogens is 620 g/mol. The van der Waals surface area contributed by atoms with Crippen molar-refractivity contribution in [2.45, 2.75) is 91.1 Å². The number of nitrogens with one attached hydrogen (secondary N) is 1. The van der Waals surface area contributed by atoms with E-state index in [1.807, 2.05) is 75.4 Å². The smallest absolute Gasteiger partial charge is 0.668 e. The van der Waals surface area contributed by atoms with Gasteiger partial charge >= 0.3 is 63.3 Å². The number of carbonyl (C=O) groups excluding carboxylic acids is 2. The summed E-state index contributed by atoms with van der Waals surface area (Å²) in [5, 5.41) is 3.66. The van der Waals surface area contributed by atoms with Crippen molar-refractivity contribution in [1.29, 1.82) is 0 Å². The van der Waals surface area contributed by atoms with Crippen LogP contribution in [0.15, 0.2) is 78.9 Å². The van der Waals surface area contributed by atoms with E-state index < -0.39 is 51.0 Å². The molecule has 0 fully saturated rings. The zero-order valence-corrected chi connectivity index (χ0v) is 34.8. The number of rotatable bonds is 8. The molecular formula is C36H51KN2O4Si2. The van der Waals surface area contributed by atoms with Crippen molar-refractivity contribution in [2.75, 3.05) is 7.11 Å². The second kappa shape index (κ2) is 15.2. The number of ether oxygens (including phenoxy) is 2. The Bertz CT molecular complexity index is 1400. The van der Waals surface area contributed by atoms with Gasteiger partial charge in [-0.2, -0.15) is 0 Å². The largest absolute Gasteiger partial charge is 1.00 e. The minimum Gasteiger partial charge on any atom is -0.668 e. The number of fused-ring (bicyclic) bond motifs is 3. The molecule has 0 spiro atoms. The van der Waals surface area contributed by atoms with Crippen molar-refractivity contribution in [3.05, 3.63) is 100 Å². The first kappa shape index (κ1) is 39.8. The van der Waals surface area contributed by atoms with Gasteiger partial charge in [0, 0.05) is 0 Å². The van der Waals surface area contributed by atoms with E-state index in [-0.39, 0.29) is 51.4 Å². The first-order valence-electron chi connectivity index (χ1n) is 15.3. The normalized spacial score (nSPS) is 14.5. The topological polar surface area (TPSA) is 78.7 Å². The van der Waals surface area contributed by atoms with Gasteiger partial charge in [-0.25, -0.2) is 0 Å². The van der Waals surface area contributed by atoms with E-state index in [4.69, 9.17) is 14.1 Å². The third-order valence-electron chi connectivity index (χ3n) is 7.27. The summed E-state index contributed by atoms with van der Waals surface area (Å²) < 4.78 is 15.8. The molecule has 0 heterocycles. The Morgan fingerprint density at radius 1 is 0.733 bits per heavy atom. The number of hydrogen-bond acceptors (Lipinski definition) is 5. The van der Waals surface area contributed by atoms with Crippen LogP contribution in [0.3, 0.4) is 0 Å². The number of nitrogens with zero attached hydrogens (tertiary/aromatic N) is 1. The number of carbonyl (C=O) groups is 2. The summed E-state index contributed by atoms with van der Waals surface area (Å²) in [6.07, 6.45) is 0. The first-order chi connectivity index (χ1) is 20.2. The third kappa shape index (κ3) is 9.81. The molecule has 238 valence electrons. The minimum atomic E-state index is -1.22. The molecule has 0 radical (unpaired) electrons. The van der Waals surface area contributed by atoms with Gasteiger partial charge in [0.1, 0.15) is 11.6 Å². The Kier molecular flexibility index (Phi) is 13.4. The van der Waals surface area contributed by atoms with Gasteiger partial charge in [-0.15, -0.1) is 0 Å². The SMILES string of the molecule is COC(=O)C(C)(C)[C@H](NC1(c2ccccc2)c2ccccc2-c2ccccc21)C(=O)OC(C)(C)C.C[Si](C)(C)[N-][Si](C)(C)C.[K+]. The number of esters is 2. The molecule has 3 aromatic carbocycles. The fourth-order valence-electron chi connectivity index (χ4n) is 5.97. The van der Waals surface area contributed by atoms with E-state index in [0.717, 1.165) is 27.8 Å². The summed E-state index contributed by atoms with van der Waals surface area (Å²) in [6, 6.07) is 25.4. The van der Waals surface area contributed by atoms with Gasteiger partial charge in [0.05, 0.1) is 18.1 Å². The van der Waals surface area contributed by atoms with Gasteiger partial charge in [0.2, 0.25) is 0 Å². The maximum absolute atomic E-state index is 13.7. The van der Waals surface area contributed by atoms with Crippen molar-refractivity contribution < 1.29 is 70.4 Å². The average Bonchev–Trinajstić information content (AvgIpc) is 3.19. The van der Waals surface area contributed by atoms with Crippen molar-refractivity contribution in [3.8, 4) is 11.1 Å². The third-order valence-corrected chi connectivity index (χ3v) is 12.6. The number of methoxy groups -OCH3 is 1. The van der Waals surface area contributed by atoms with Crippen LogP contribution in [0.5, 0.6) is 0 Å². The molecule has 3 aromatic rings.